The summed E-state index contributed by atoms with van der Waals surface area (Å²) in [6.07, 6.45) is 4.17. The van der Waals surface area contributed by atoms with Crippen LogP contribution in [0.5, 0.6) is 17.2 Å². The summed E-state index contributed by atoms with van der Waals surface area (Å²) in [6, 6.07) is 33.9. The Hall–Kier alpha value is -8.19. The Labute approximate surface area is 405 Å². The molecule has 0 aromatic heterocycles. The summed E-state index contributed by atoms with van der Waals surface area (Å²) in [6.45, 7) is 7.75. The van der Waals surface area contributed by atoms with Gasteiger partial charge in [0.05, 0.1) is 74.5 Å². The molecule has 0 atom stereocenters. The third kappa shape index (κ3) is 12.4. The van der Waals surface area contributed by atoms with Crippen molar-refractivity contribution in [3.63, 3.8) is 0 Å². The zero-order chi connectivity index (χ0) is 48.7. The molecule has 0 heterocycles. The predicted molar refractivity (Wildman–Crippen MR) is 266 cm³/mol. The predicted octanol–water partition coefficient (Wildman–Crippen LogP) is 10.7. The number of benzene rings is 6. The molecular formula is C60H54O9. The molecule has 9 heteroatoms. The van der Waals surface area contributed by atoms with Crippen molar-refractivity contribution in [2.75, 3.05) is 41.2 Å². The Morgan fingerprint density at radius 3 is 0.855 bits per heavy atom. The summed E-state index contributed by atoms with van der Waals surface area (Å²) in [5.41, 5.74) is 12.3. The first-order valence-corrected chi connectivity index (χ1v) is 23.1. The molecule has 0 radical (unpaired) electrons. The van der Waals surface area contributed by atoms with Gasteiger partial charge in [0, 0.05) is 16.7 Å². The van der Waals surface area contributed by atoms with E-state index in [1.54, 1.807) is 36.4 Å². The number of ether oxygens (including phenoxy) is 6. The molecule has 0 bridgehead atoms. The quantitative estimate of drug-likeness (QED) is 0.0673. The van der Waals surface area contributed by atoms with Gasteiger partial charge in [-0.1, -0.05) is 56.3 Å². The summed E-state index contributed by atoms with van der Waals surface area (Å²) in [7, 11) is 4.08. The fourth-order valence-electron chi connectivity index (χ4n) is 7.73. The number of methoxy groups -OCH3 is 3. The van der Waals surface area contributed by atoms with Gasteiger partial charge in [0.2, 0.25) is 0 Å². The summed E-state index contributed by atoms with van der Waals surface area (Å²) in [5, 5.41) is 0. The van der Waals surface area contributed by atoms with Crippen LogP contribution < -0.4 is 14.2 Å². The van der Waals surface area contributed by atoms with Crippen molar-refractivity contribution in [1.29, 1.82) is 0 Å². The Balaban J connectivity index is 1.41. The summed E-state index contributed by atoms with van der Waals surface area (Å²) >= 11 is 0. The van der Waals surface area contributed by atoms with Crippen LogP contribution in [0.1, 0.15) is 138 Å². The third-order valence-corrected chi connectivity index (χ3v) is 11.4. The largest absolute Gasteiger partial charge is 0.492 e. The standard InChI is InChI=1S/C60H54O9/c1-7-28-67-55-37-52-34-50-32-47(26-17-41-12-21-44(22-13-41)59(62)65-5)57(69-30-9-3)39-54(50)36-51-33-48(27-18-42-14-23-45(24-15-42)60(63)66-6)56(68-29-8-2)38-53(51)35-49(52)31-46(55)25-16-40-10-19-43(20-11-40)58(61)64-4/h10-15,19-24,31-33,37-39H,7-9,28-30,34-36H2,1-6H3. The van der Waals surface area contributed by atoms with Crippen molar-refractivity contribution in [2.24, 2.45) is 0 Å². The fourth-order valence-corrected chi connectivity index (χ4v) is 7.73. The molecule has 0 spiro atoms. The van der Waals surface area contributed by atoms with E-state index in [0.717, 1.165) is 86.0 Å². The van der Waals surface area contributed by atoms with Crippen LogP contribution in [0.4, 0.5) is 0 Å². The number of fused-ring (bicyclic) bond motifs is 3. The second kappa shape index (κ2) is 23.5. The minimum Gasteiger partial charge on any atom is -0.492 e. The number of hydrogen-bond donors (Lipinski definition) is 0. The van der Waals surface area contributed by atoms with E-state index in [4.69, 9.17) is 28.4 Å². The molecule has 348 valence electrons. The van der Waals surface area contributed by atoms with Gasteiger partial charge < -0.3 is 28.4 Å². The average molecular weight is 919 g/mol. The van der Waals surface area contributed by atoms with Crippen molar-refractivity contribution in [2.45, 2.75) is 59.3 Å². The molecule has 7 rings (SSSR count). The molecule has 0 unspecified atom stereocenters. The van der Waals surface area contributed by atoms with Gasteiger partial charge in [-0.15, -0.1) is 0 Å². The van der Waals surface area contributed by atoms with Gasteiger partial charge >= 0.3 is 17.9 Å². The second-order valence-electron chi connectivity index (χ2n) is 16.4. The van der Waals surface area contributed by atoms with Crippen molar-refractivity contribution in [1.82, 2.24) is 0 Å². The van der Waals surface area contributed by atoms with E-state index in [9.17, 15) is 14.4 Å². The molecule has 9 nitrogen and oxygen atoms in total. The second-order valence-corrected chi connectivity index (χ2v) is 16.4. The van der Waals surface area contributed by atoms with Crippen molar-refractivity contribution >= 4 is 17.9 Å². The maximum atomic E-state index is 12.1. The van der Waals surface area contributed by atoms with E-state index in [-0.39, 0.29) is 0 Å². The topological polar surface area (TPSA) is 107 Å². The van der Waals surface area contributed by atoms with Gasteiger partial charge in [-0.2, -0.15) is 0 Å². The first-order chi connectivity index (χ1) is 33.6. The molecule has 6 aromatic carbocycles. The molecule has 0 aliphatic heterocycles. The highest BCUT2D eigenvalue weighted by Gasteiger charge is 2.22. The fraction of sp³-hybridized carbons (Fsp3) is 0.250. The minimum absolute atomic E-state index is 0.408. The molecule has 1 aliphatic rings. The normalized spacial score (nSPS) is 11.0. The molecule has 1 aliphatic carbocycles. The smallest absolute Gasteiger partial charge is 0.337 e. The highest BCUT2D eigenvalue weighted by molar-refractivity contribution is 5.90. The molecule has 69 heavy (non-hydrogen) atoms. The monoisotopic (exact) mass is 918 g/mol. The molecule has 0 N–H and O–H groups in total. The number of hydrogen-bond acceptors (Lipinski definition) is 9. The van der Waals surface area contributed by atoms with Crippen molar-refractivity contribution < 1.29 is 42.8 Å². The van der Waals surface area contributed by atoms with Crippen LogP contribution in [0.15, 0.2) is 109 Å². The van der Waals surface area contributed by atoms with Crippen molar-refractivity contribution in [3.05, 3.63) is 193 Å². The zero-order valence-corrected chi connectivity index (χ0v) is 39.9. The summed E-state index contributed by atoms with van der Waals surface area (Å²) < 4.78 is 34.0. The van der Waals surface area contributed by atoms with E-state index >= 15 is 0 Å². The van der Waals surface area contributed by atoms with Crippen LogP contribution in [0.25, 0.3) is 0 Å². The number of rotatable bonds is 12. The number of carbonyl (C=O) groups is 3. The Morgan fingerprint density at radius 2 is 0.623 bits per heavy atom. The number of carbonyl (C=O) groups excluding carboxylic acids is 3. The molecule has 0 amide bonds. The van der Waals surface area contributed by atoms with Gasteiger partial charge in [-0.25, -0.2) is 14.4 Å². The maximum Gasteiger partial charge on any atom is 0.337 e. The lowest BCUT2D eigenvalue weighted by atomic mass is 9.92. The van der Waals surface area contributed by atoms with Gasteiger partial charge in [0.25, 0.3) is 0 Å². The minimum atomic E-state index is -0.408. The van der Waals surface area contributed by atoms with E-state index in [0.29, 0.717) is 73.0 Å². The first kappa shape index (κ1) is 48.7. The van der Waals surface area contributed by atoms with E-state index in [1.165, 1.54) is 21.3 Å². The molecule has 0 saturated heterocycles. The van der Waals surface area contributed by atoms with E-state index < -0.39 is 17.9 Å². The van der Waals surface area contributed by atoms with Crippen LogP contribution in [0.2, 0.25) is 0 Å². The highest BCUT2D eigenvalue weighted by Crippen LogP contribution is 2.36. The lowest BCUT2D eigenvalue weighted by molar-refractivity contribution is 0.0592. The first-order valence-electron chi connectivity index (χ1n) is 23.1. The van der Waals surface area contributed by atoms with Crippen LogP contribution >= 0.6 is 0 Å². The maximum absolute atomic E-state index is 12.1. The van der Waals surface area contributed by atoms with Crippen LogP contribution in [-0.4, -0.2) is 59.1 Å². The molecule has 0 fully saturated rings. The molecular weight excluding hydrogens is 865 g/mol. The number of esters is 3. The Bertz CT molecular complexity index is 2710. The lowest BCUT2D eigenvalue weighted by Gasteiger charge is -2.17. The summed E-state index contributed by atoms with van der Waals surface area (Å²) in [4.78, 5) is 36.4. The van der Waals surface area contributed by atoms with Gasteiger partial charge in [0.15, 0.2) is 0 Å². The zero-order valence-electron chi connectivity index (χ0n) is 39.9. The molecule has 6 aromatic rings. The average Bonchev–Trinajstić information content (AvgIpc) is 3.44. The lowest BCUT2D eigenvalue weighted by Crippen LogP contribution is -2.05. The van der Waals surface area contributed by atoms with Crippen molar-refractivity contribution in [3.8, 4) is 52.8 Å². The van der Waals surface area contributed by atoms with Gasteiger partial charge in [-0.3, -0.25) is 0 Å². The highest BCUT2D eigenvalue weighted by atomic mass is 16.5. The van der Waals surface area contributed by atoms with Crippen LogP contribution in [0, 0.1) is 35.5 Å². The van der Waals surface area contributed by atoms with Crippen LogP contribution in [0.3, 0.4) is 0 Å². The van der Waals surface area contributed by atoms with Gasteiger partial charge in [0.1, 0.15) is 17.2 Å². The third-order valence-electron chi connectivity index (χ3n) is 11.4. The van der Waals surface area contributed by atoms with Crippen LogP contribution in [-0.2, 0) is 33.5 Å². The van der Waals surface area contributed by atoms with E-state index in [2.05, 4.69) is 92.7 Å². The Morgan fingerprint density at radius 1 is 0.377 bits per heavy atom. The van der Waals surface area contributed by atoms with E-state index in [1.807, 2.05) is 36.4 Å². The Kier molecular flexibility index (Phi) is 16.6. The van der Waals surface area contributed by atoms with Gasteiger partial charge in [-0.05, 0) is 181 Å². The molecule has 0 saturated carbocycles. The summed E-state index contributed by atoms with van der Waals surface area (Å²) in [5.74, 6) is 20.9. The SMILES string of the molecule is CCCOc1cc2c(cc1C#Cc1ccc(C(=O)OC)cc1)Cc1cc(OCCC)c(C#Cc3ccc(C(=O)OC)cc3)cc1Cc1cc(OCCC)c(C#Cc3ccc(C(=O)OC)cc3)cc1C2.